The van der Waals surface area contributed by atoms with Crippen LogP contribution in [-0.2, 0) is 16.1 Å². The van der Waals surface area contributed by atoms with Gasteiger partial charge in [-0.2, -0.15) is 0 Å². The first-order valence-electron chi connectivity index (χ1n) is 12.5. The summed E-state index contributed by atoms with van der Waals surface area (Å²) in [5.74, 6) is -2.53. The van der Waals surface area contributed by atoms with Gasteiger partial charge in [-0.05, 0) is 66.9 Å². The molecule has 2 aromatic heterocycles. The molecule has 5 N–H and O–H groups in total. The summed E-state index contributed by atoms with van der Waals surface area (Å²) in [6.45, 7) is 2.46. The number of pyridine rings is 1. The number of hydrogen-bond donors (Lipinski definition) is 5. The number of aliphatic carboxylic acids is 2. The second-order valence-electron chi connectivity index (χ2n) is 9.01. The summed E-state index contributed by atoms with van der Waals surface area (Å²) in [6, 6.07) is 16.9. The highest BCUT2D eigenvalue weighted by atomic mass is 16.4. The van der Waals surface area contributed by atoms with E-state index < -0.39 is 23.9 Å². The van der Waals surface area contributed by atoms with Crippen LogP contribution in [0.15, 0.2) is 79.3 Å². The maximum Gasteiger partial charge on any atom is 0.326 e. The molecule has 0 spiro atoms. The first kappa shape index (κ1) is 27.7. The molecule has 40 heavy (non-hydrogen) atoms. The molecule has 2 aromatic carbocycles. The Bertz CT molecular complexity index is 1490. The van der Waals surface area contributed by atoms with Gasteiger partial charge < -0.3 is 26.2 Å². The quantitative estimate of drug-likeness (QED) is 0.175. The molecule has 0 aliphatic rings. The van der Waals surface area contributed by atoms with E-state index in [1.807, 2.05) is 43.3 Å². The minimum Gasteiger partial charge on any atom is -0.481 e. The Balaban J connectivity index is 1.37. The van der Waals surface area contributed by atoms with Crippen LogP contribution in [0.2, 0.25) is 0 Å². The topological polar surface area (TPSA) is 166 Å². The van der Waals surface area contributed by atoms with Crippen LogP contribution in [0.4, 0.5) is 17.3 Å². The van der Waals surface area contributed by atoms with Crippen LogP contribution >= 0.6 is 0 Å². The van der Waals surface area contributed by atoms with Crippen molar-refractivity contribution in [2.24, 2.45) is 0 Å². The number of aromatic nitrogens is 3. The molecule has 204 valence electrons. The molecular weight excluding hydrogens is 512 g/mol. The number of hydrogen-bond acceptors (Lipinski definition) is 8. The van der Waals surface area contributed by atoms with Crippen LogP contribution in [0.1, 0.15) is 34.3 Å². The molecule has 0 fully saturated rings. The van der Waals surface area contributed by atoms with Crippen molar-refractivity contribution in [1.29, 1.82) is 0 Å². The zero-order chi connectivity index (χ0) is 28.5. The Hall–Kier alpha value is -5.32. The van der Waals surface area contributed by atoms with Gasteiger partial charge >= 0.3 is 11.9 Å². The van der Waals surface area contributed by atoms with Gasteiger partial charge in [0.25, 0.3) is 5.91 Å². The highest BCUT2D eigenvalue weighted by molar-refractivity contribution is 5.96. The van der Waals surface area contributed by atoms with Crippen LogP contribution in [0.3, 0.4) is 0 Å². The summed E-state index contributed by atoms with van der Waals surface area (Å²) >= 11 is 0. The number of carbonyl (C=O) groups is 3. The lowest BCUT2D eigenvalue weighted by molar-refractivity contribution is -0.140. The normalized spacial score (nSPS) is 11.3. The fourth-order valence-corrected chi connectivity index (χ4v) is 3.83. The second-order valence-corrected chi connectivity index (χ2v) is 9.01. The average Bonchev–Trinajstić information content (AvgIpc) is 2.96. The summed E-state index contributed by atoms with van der Waals surface area (Å²) < 4.78 is 0. The van der Waals surface area contributed by atoms with Crippen molar-refractivity contribution in [3.05, 3.63) is 95.9 Å². The summed E-state index contributed by atoms with van der Waals surface area (Å²) in [6.07, 6.45) is 4.59. The highest BCUT2D eigenvalue weighted by Crippen LogP contribution is 2.24. The minimum atomic E-state index is -1.28. The largest absolute Gasteiger partial charge is 0.481 e. The van der Waals surface area contributed by atoms with Crippen molar-refractivity contribution < 1.29 is 24.6 Å². The van der Waals surface area contributed by atoms with Crippen molar-refractivity contribution in [1.82, 2.24) is 20.3 Å². The van der Waals surface area contributed by atoms with Gasteiger partial charge in [0.2, 0.25) is 5.95 Å². The van der Waals surface area contributed by atoms with Crippen LogP contribution < -0.4 is 16.0 Å². The number of carbonyl (C=O) groups excluding carboxylic acids is 1. The molecule has 2 heterocycles. The number of carboxylic acids is 2. The average molecular weight is 541 g/mol. The Morgan fingerprint density at radius 1 is 0.975 bits per heavy atom. The SMILES string of the molecule is Cc1ccc(NCc2ccc(C(=O)NC(CCC(=O)O)C(=O)O)cc2)cc1Nc1nccc(-c2cccnc2)n1. The van der Waals surface area contributed by atoms with E-state index in [4.69, 9.17) is 5.11 Å². The first-order chi connectivity index (χ1) is 19.3. The minimum absolute atomic E-state index is 0.201. The summed E-state index contributed by atoms with van der Waals surface area (Å²) in [5, 5.41) is 27.0. The number of aryl methyl sites for hydroxylation is 1. The van der Waals surface area contributed by atoms with Gasteiger partial charge in [0, 0.05) is 54.1 Å². The summed E-state index contributed by atoms with van der Waals surface area (Å²) in [4.78, 5) is 47.6. The van der Waals surface area contributed by atoms with E-state index in [-0.39, 0.29) is 18.4 Å². The van der Waals surface area contributed by atoms with Gasteiger partial charge in [0.05, 0.1) is 5.69 Å². The number of amides is 1. The molecule has 1 amide bonds. The monoisotopic (exact) mass is 540 g/mol. The third kappa shape index (κ3) is 7.60. The van der Waals surface area contributed by atoms with E-state index in [2.05, 4.69) is 30.9 Å². The van der Waals surface area contributed by atoms with E-state index in [9.17, 15) is 19.5 Å². The second kappa shape index (κ2) is 13.0. The third-order valence-corrected chi connectivity index (χ3v) is 6.06. The molecule has 1 atom stereocenters. The third-order valence-electron chi connectivity index (χ3n) is 6.06. The molecule has 1 unspecified atom stereocenters. The van der Waals surface area contributed by atoms with E-state index in [0.29, 0.717) is 12.5 Å². The zero-order valence-corrected chi connectivity index (χ0v) is 21.7. The molecule has 11 nitrogen and oxygen atoms in total. The predicted octanol–water partition coefficient (Wildman–Crippen LogP) is 4.25. The number of anilines is 3. The Labute approximate surface area is 230 Å². The van der Waals surface area contributed by atoms with E-state index in [1.165, 1.54) is 0 Å². The Kier molecular flexibility index (Phi) is 8.98. The van der Waals surface area contributed by atoms with Crippen LogP contribution in [-0.4, -0.2) is 49.1 Å². The van der Waals surface area contributed by atoms with Crippen molar-refractivity contribution in [3.63, 3.8) is 0 Å². The molecule has 0 aliphatic carbocycles. The van der Waals surface area contributed by atoms with Crippen molar-refractivity contribution in [3.8, 4) is 11.3 Å². The molecule has 11 heteroatoms. The molecule has 4 rings (SSSR count). The van der Waals surface area contributed by atoms with Gasteiger partial charge in [-0.25, -0.2) is 14.8 Å². The predicted molar refractivity (Wildman–Crippen MR) is 149 cm³/mol. The maximum atomic E-state index is 12.5. The van der Waals surface area contributed by atoms with Crippen molar-refractivity contribution >= 4 is 35.2 Å². The smallest absolute Gasteiger partial charge is 0.326 e. The van der Waals surface area contributed by atoms with Crippen LogP contribution in [0.5, 0.6) is 0 Å². The van der Waals surface area contributed by atoms with Gasteiger partial charge in [0.15, 0.2) is 0 Å². The fraction of sp³-hybridized carbons (Fsp3) is 0.172. The lowest BCUT2D eigenvalue weighted by atomic mass is 10.1. The lowest BCUT2D eigenvalue weighted by Crippen LogP contribution is -2.41. The Morgan fingerprint density at radius 3 is 2.48 bits per heavy atom. The van der Waals surface area contributed by atoms with E-state index in [1.54, 1.807) is 42.9 Å². The lowest BCUT2D eigenvalue weighted by Gasteiger charge is -2.14. The van der Waals surface area contributed by atoms with E-state index >= 15 is 0 Å². The Morgan fingerprint density at radius 2 is 1.77 bits per heavy atom. The molecule has 4 aromatic rings. The maximum absolute atomic E-state index is 12.5. The van der Waals surface area contributed by atoms with Gasteiger partial charge in [-0.15, -0.1) is 0 Å². The molecule has 0 aliphatic heterocycles. The first-order valence-corrected chi connectivity index (χ1v) is 12.5. The molecule has 0 radical (unpaired) electrons. The molecule has 0 saturated carbocycles. The highest BCUT2D eigenvalue weighted by Gasteiger charge is 2.21. The van der Waals surface area contributed by atoms with Gasteiger partial charge in [-0.1, -0.05) is 18.2 Å². The van der Waals surface area contributed by atoms with Crippen LogP contribution in [0, 0.1) is 6.92 Å². The number of nitrogens with zero attached hydrogens (tertiary/aromatic N) is 3. The van der Waals surface area contributed by atoms with Crippen molar-refractivity contribution in [2.45, 2.75) is 32.4 Å². The van der Waals surface area contributed by atoms with Gasteiger partial charge in [0.1, 0.15) is 6.04 Å². The molecular formula is C29H28N6O5. The van der Waals surface area contributed by atoms with Crippen molar-refractivity contribution in [2.75, 3.05) is 10.6 Å². The summed E-state index contributed by atoms with van der Waals surface area (Å²) in [5.41, 5.74) is 5.55. The van der Waals surface area contributed by atoms with Gasteiger partial charge in [-0.3, -0.25) is 14.6 Å². The number of nitrogens with one attached hydrogen (secondary N) is 3. The molecule has 0 saturated heterocycles. The number of carboxylic acid groups (broad SMARTS) is 2. The standard InChI is InChI=1S/C29H28N6O5/c1-18-4-9-22(15-25(18)35-29-31-14-12-23(34-29)21-3-2-13-30-17-21)32-16-19-5-7-20(8-6-19)27(38)33-24(28(39)40)10-11-26(36)37/h2-9,12-15,17,24,32H,10-11,16H2,1H3,(H,33,38)(H,36,37)(H,39,40)(H,31,34,35). The fourth-order valence-electron chi connectivity index (χ4n) is 3.83. The molecule has 0 bridgehead atoms. The van der Waals surface area contributed by atoms with E-state index in [0.717, 1.165) is 33.8 Å². The number of benzene rings is 2. The van der Waals surface area contributed by atoms with Crippen LogP contribution in [0.25, 0.3) is 11.3 Å². The zero-order valence-electron chi connectivity index (χ0n) is 21.7. The number of rotatable bonds is 12. The summed E-state index contributed by atoms with van der Waals surface area (Å²) in [7, 11) is 0.